The second-order valence-corrected chi connectivity index (χ2v) is 4.36. The van der Waals surface area contributed by atoms with Crippen molar-refractivity contribution in [3.8, 4) is 0 Å². The van der Waals surface area contributed by atoms with Gasteiger partial charge in [0.05, 0.1) is 18.3 Å². The summed E-state index contributed by atoms with van der Waals surface area (Å²) in [4.78, 5) is 25.6. The minimum absolute atomic E-state index is 0.0749. The Morgan fingerprint density at radius 1 is 1.53 bits per heavy atom. The van der Waals surface area contributed by atoms with E-state index in [1.807, 2.05) is 0 Å². The number of nitrogens with one attached hydrogen (secondary N) is 1. The molecule has 2 heterocycles. The molecule has 7 heteroatoms. The molecule has 0 bridgehead atoms. The van der Waals surface area contributed by atoms with Gasteiger partial charge in [-0.05, 0) is 12.8 Å². The van der Waals surface area contributed by atoms with E-state index in [0.717, 1.165) is 0 Å². The lowest BCUT2D eigenvalue weighted by Gasteiger charge is -2.15. The number of aliphatic hydroxyl groups is 1. The first-order valence-electron chi connectivity index (χ1n) is 6.14. The SMILES string of the molecule is NC/C=C/c1cn([C@H]2CC[C@@H](CO)O2)c(=O)[nH]c1=O. The first-order valence-corrected chi connectivity index (χ1v) is 6.14. The fourth-order valence-corrected chi connectivity index (χ4v) is 2.05. The third-order valence-electron chi connectivity index (χ3n) is 3.03. The van der Waals surface area contributed by atoms with Crippen LogP contribution in [0.25, 0.3) is 6.08 Å². The van der Waals surface area contributed by atoms with Crippen LogP contribution < -0.4 is 17.0 Å². The van der Waals surface area contributed by atoms with Gasteiger partial charge in [-0.3, -0.25) is 14.3 Å². The molecule has 0 aliphatic carbocycles. The molecular weight excluding hydrogens is 250 g/mol. The van der Waals surface area contributed by atoms with Crippen molar-refractivity contribution in [1.29, 1.82) is 0 Å². The maximum atomic E-state index is 11.8. The Bertz CT molecular complexity index is 575. The highest BCUT2D eigenvalue weighted by atomic mass is 16.5. The summed E-state index contributed by atoms with van der Waals surface area (Å²) in [5.41, 5.74) is 4.71. The summed E-state index contributed by atoms with van der Waals surface area (Å²) in [5, 5.41) is 9.02. The minimum atomic E-state index is -0.515. The summed E-state index contributed by atoms with van der Waals surface area (Å²) in [6, 6.07) is 0. The number of H-pyrrole nitrogens is 1. The summed E-state index contributed by atoms with van der Waals surface area (Å²) < 4.78 is 6.86. The second-order valence-electron chi connectivity index (χ2n) is 4.36. The van der Waals surface area contributed by atoms with Crippen LogP contribution in [0.4, 0.5) is 0 Å². The van der Waals surface area contributed by atoms with E-state index in [1.54, 1.807) is 12.2 Å². The van der Waals surface area contributed by atoms with E-state index >= 15 is 0 Å². The van der Waals surface area contributed by atoms with Crippen molar-refractivity contribution in [3.05, 3.63) is 38.7 Å². The molecule has 0 spiro atoms. The summed E-state index contributed by atoms with van der Waals surface area (Å²) >= 11 is 0. The molecule has 2 rings (SSSR count). The number of ether oxygens (including phenoxy) is 1. The Hall–Kier alpha value is -1.70. The summed E-state index contributed by atoms with van der Waals surface area (Å²) in [5.74, 6) is 0. The zero-order valence-electron chi connectivity index (χ0n) is 10.4. The molecule has 0 amide bonds. The lowest BCUT2D eigenvalue weighted by molar-refractivity contribution is -0.0246. The van der Waals surface area contributed by atoms with Crippen molar-refractivity contribution in [1.82, 2.24) is 9.55 Å². The van der Waals surface area contributed by atoms with E-state index in [1.165, 1.54) is 10.8 Å². The van der Waals surface area contributed by atoms with Crippen molar-refractivity contribution in [2.75, 3.05) is 13.2 Å². The van der Waals surface area contributed by atoms with Gasteiger partial charge in [0.1, 0.15) is 6.23 Å². The Morgan fingerprint density at radius 2 is 2.32 bits per heavy atom. The number of rotatable bonds is 4. The first-order chi connectivity index (χ1) is 9.15. The number of nitrogens with two attached hydrogens (primary N) is 1. The van der Waals surface area contributed by atoms with E-state index in [2.05, 4.69) is 4.98 Å². The predicted molar refractivity (Wildman–Crippen MR) is 69.6 cm³/mol. The molecular formula is C12H17N3O4. The molecule has 1 aliphatic heterocycles. The molecule has 1 aromatic heterocycles. The highest BCUT2D eigenvalue weighted by Crippen LogP contribution is 2.26. The van der Waals surface area contributed by atoms with Gasteiger partial charge in [0.25, 0.3) is 5.56 Å². The average molecular weight is 267 g/mol. The Labute approximate surface area is 109 Å². The molecule has 19 heavy (non-hydrogen) atoms. The number of nitrogens with zero attached hydrogens (tertiary/aromatic N) is 1. The van der Waals surface area contributed by atoms with Gasteiger partial charge in [0.2, 0.25) is 0 Å². The predicted octanol–water partition coefficient (Wildman–Crippen LogP) is -0.822. The lowest BCUT2D eigenvalue weighted by Crippen LogP contribution is -2.33. The molecule has 1 aliphatic rings. The van der Waals surface area contributed by atoms with E-state index in [-0.39, 0.29) is 12.7 Å². The van der Waals surface area contributed by atoms with E-state index < -0.39 is 17.5 Å². The molecule has 1 fully saturated rings. The van der Waals surface area contributed by atoms with Gasteiger partial charge < -0.3 is 15.6 Å². The van der Waals surface area contributed by atoms with Crippen LogP contribution in [0.5, 0.6) is 0 Å². The quantitative estimate of drug-likeness (QED) is 0.660. The van der Waals surface area contributed by atoms with E-state index in [4.69, 9.17) is 15.6 Å². The molecule has 104 valence electrons. The van der Waals surface area contributed by atoms with Crippen LogP contribution in [0, 0.1) is 0 Å². The third kappa shape index (κ3) is 3.01. The normalized spacial score (nSPS) is 23.3. The highest BCUT2D eigenvalue weighted by Gasteiger charge is 2.26. The first kappa shape index (κ1) is 13.7. The zero-order valence-corrected chi connectivity index (χ0v) is 10.4. The number of aromatic nitrogens is 2. The largest absolute Gasteiger partial charge is 0.394 e. The van der Waals surface area contributed by atoms with Crippen molar-refractivity contribution in [2.24, 2.45) is 5.73 Å². The van der Waals surface area contributed by atoms with Gasteiger partial charge in [-0.1, -0.05) is 12.2 Å². The van der Waals surface area contributed by atoms with Gasteiger partial charge in [-0.25, -0.2) is 4.79 Å². The van der Waals surface area contributed by atoms with Crippen LogP contribution in [0.15, 0.2) is 21.9 Å². The third-order valence-corrected chi connectivity index (χ3v) is 3.03. The van der Waals surface area contributed by atoms with Gasteiger partial charge in [0.15, 0.2) is 0 Å². The molecule has 7 nitrogen and oxygen atoms in total. The zero-order chi connectivity index (χ0) is 13.8. The Balaban J connectivity index is 2.33. The number of hydrogen-bond acceptors (Lipinski definition) is 5. The topological polar surface area (TPSA) is 110 Å². The summed E-state index contributed by atoms with van der Waals surface area (Å²) in [6.07, 6.45) is 5.24. The maximum Gasteiger partial charge on any atom is 0.330 e. The summed E-state index contributed by atoms with van der Waals surface area (Å²) in [7, 11) is 0. The molecule has 0 aromatic carbocycles. The van der Waals surface area contributed by atoms with Crippen LogP contribution in [0.2, 0.25) is 0 Å². The van der Waals surface area contributed by atoms with Gasteiger partial charge in [-0.15, -0.1) is 0 Å². The molecule has 0 saturated carbocycles. The van der Waals surface area contributed by atoms with Crippen molar-refractivity contribution < 1.29 is 9.84 Å². The van der Waals surface area contributed by atoms with Gasteiger partial charge >= 0.3 is 5.69 Å². The fourth-order valence-electron chi connectivity index (χ4n) is 2.05. The molecule has 0 unspecified atom stereocenters. The monoisotopic (exact) mass is 267 g/mol. The van der Waals surface area contributed by atoms with E-state index in [0.29, 0.717) is 24.9 Å². The Morgan fingerprint density at radius 3 is 2.95 bits per heavy atom. The van der Waals surface area contributed by atoms with Gasteiger partial charge in [0, 0.05) is 12.7 Å². The standard InChI is InChI=1S/C12H17N3O4/c13-5-1-2-8-6-15(12(18)14-11(8)17)10-4-3-9(7-16)19-10/h1-2,6,9-10,16H,3-5,7,13H2,(H,14,17,18)/b2-1+/t9-,10+/m0/s1. The molecule has 1 aromatic rings. The highest BCUT2D eigenvalue weighted by molar-refractivity contribution is 5.46. The van der Waals surface area contributed by atoms with Crippen LogP contribution in [0.3, 0.4) is 0 Å². The van der Waals surface area contributed by atoms with Crippen LogP contribution >= 0.6 is 0 Å². The van der Waals surface area contributed by atoms with Crippen molar-refractivity contribution >= 4 is 6.08 Å². The number of hydrogen-bond donors (Lipinski definition) is 3. The fraction of sp³-hybridized carbons (Fsp3) is 0.500. The molecule has 2 atom stereocenters. The number of aromatic amines is 1. The van der Waals surface area contributed by atoms with Crippen LogP contribution in [0.1, 0.15) is 24.6 Å². The maximum absolute atomic E-state index is 11.8. The minimum Gasteiger partial charge on any atom is -0.394 e. The Kier molecular flexibility index (Phi) is 4.31. The summed E-state index contributed by atoms with van der Waals surface area (Å²) in [6.45, 7) is 0.236. The number of aliphatic hydroxyl groups excluding tert-OH is 1. The van der Waals surface area contributed by atoms with Crippen LogP contribution in [-0.2, 0) is 4.74 Å². The molecule has 1 saturated heterocycles. The average Bonchev–Trinajstić information content (AvgIpc) is 2.86. The lowest BCUT2D eigenvalue weighted by atomic mass is 10.2. The van der Waals surface area contributed by atoms with Crippen molar-refractivity contribution in [2.45, 2.75) is 25.2 Å². The van der Waals surface area contributed by atoms with Crippen molar-refractivity contribution in [3.63, 3.8) is 0 Å². The molecule has 0 radical (unpaired) electrons. The second kappa shape index (κ2) is 5.96. The molecule has 4 N–H and O–H groups in total. The van der Waals surface area contributed by atoms with Crippen LogP contribution in [-0.4, -0.2) is 33.9 Å². The van der Waals surface area contributed by atoms with E-state index in [9.17, 15) is 9.59 Å². The smallest absolute Gasteiger partial charge is 0.330 e. The van der Waals surface area contributed by atoms with Gasteiger partial charge in [-0.2, -0.15) is 0 Å².